The van der Waals surface area contributed by atoms with Crippen LogP contribution in [0.25, 0.3) is 5.82 Å². The van der Waals surface area contributed by atoms with Crippen molar-refractivity contribution in [3.63, 3.8) is 0 Å². The van der Waals surface area contributed by atoms with E-state index >= 15 is 0 Å². The predicted molar refractivity (Wildman–Crippen MR) is 80.1 cm³/mol. The maximum absolute atomic E-state index is 4.48. The van der Waals surface area contributed by atoms with Gasteiger partial charge in [0, 0.05) is 29.1 Å². The molecule has 0 aliphatic carbocycles. The Bertz CT molecular complexity index is 568. The number of hydrogen-bond donors (Lipinski definition) is 1. The van der Waals surface area contributed by atoms with Gasteiger partial charge in [-0.05, 0) is 40.7 Å². The number of rotatable bonds is 5. The molecule has 1 atom stereocenters. The van der Waals surface area contributed by atoms with Gasteiger partial charge in [0.15, 0.2) is 5.82 Å². The summed E-state index contributed by atoms with van der Waals surface area (Å²) in [7, 11) is 0. The van der Waals surface area contributed by atoms with Crippen LogP contribution in [0.4, 0.5) is 0 Å². The zero-order valence-corrected chi connectivity index (χ0v) is 12.9. The lowest BCUT2D eigenvalue weighted by molar-refractivity contribution is 0.568. The first-order chi connectivity index (χ1) is 9.52. The number of nitrogens with one attached hydrogen (secondary N) is 1. The van der Waals surface area contributed by atoms with Crippen molar-refractivity contribution in [2.45, 2.75) is 47.1 Å². The Hall–Kier alpha value is -1.75. The molecule has 0 amide bonds. The number of hydrogen-bond acceptors (Lipinski definition) is 4. The van der Waals surface area contributed by atoms with Crippen LogP contribution in [0.3, 0.4) is 0 Å². The van der Waals surface area contributed by atoms with Crippen LogP contribution in [-0.4, -0.2) is 26.3 Å². The van der Waals surface area contributed by atoms with Gasteiger partial charge >= 0.3 is 0 Å². The van der Waals surface area contributed by atoms with E-state index < -0.39 is 0 Å². The van der Waals surface area contributed by atoms with Crippen molar-refractivity contribution >= 4 is 0 Å². The fourth-order valence-electron chi connectivity index (χ4n) is 2.36. The van der Waals surface area contributed by atoms with Gasteiger partial charge in [0.25, 0.3) is 0 Å². The van der Waals surface area contributed by atoms with E-state index in [2.05, 4.69) is 41.2 Å². The summed E-state index contributed by atoms with van der Waals surface area (Å²) in [6.45, 7) is 11.3. The van der Waals surface area contributed by atoms with Crippen LogP contribution in [0.2, 0.25) is 0 Å². The third kappa shape index (κ3) is 3.04. The average molecular weight is 273 g/mol. The molecule has 1 unspecified atom stereocenters. The lowest BCUT2D eigenvalue weighted by Gasteiger charge is -2.13. The van der Waals surface area contributed by atoms with E-state index in [-0.39, 0.29) is 0 Å². The summed E-state index contributed by atoms with van der Waals surface area (Å²) in [5, 5.41) is 7.97. The standard InChI is InChI=1S/C15H23N5/c1-6-7-16-11(3)14-9-17-20(12(14)4)15-8-10(2)18-13(5)19-15/h8-9,11,16H,6-7H2,1-5H3. The van der Waals surface area contributed by atoms with Gasteiger partial charge in [-0.25, -0.2) is 14.6 Å². The van der Waals surface area contributed by atoms with E-state index in [1.807, 2.05) is 30.8 Å². The van der Waals surface area contributed by atoms with Gasteiger partial charge in [-0.3, -0.25) is 0 Å². The smallest absolute Gasteiger partial charge is 0.157 e. The van der Waals surface area contributed by atoms with Crippen molar-refractivity contribution in [1.82, 2.24) is 25.1 Å². The van der Waals surface area contributed by atoms with Gasteiger partial charge in [-0.2, -0.15) is 5.10 Å². The normalized spacial score (nSPS) is 12.7. The Morgan fingerprint density at radius 1 is 1.25 bits per heavy atom. The summed E-state index contributed by atoms with van der Waals surface area (Å²) in [4.78, 5) is 8.78. The minimum atomic E-state index is 0.299. The molecule has 0 spiro atoms. The van der Waals surface area contributed by atoms with Crippen LogP contribution in [0.1, 0.15) is 49.1 Å². The first-order valence-corrected chi connectivity index (χ1v) is 7.13. The summed E-state index contributed by atoms with van der Waals surface area (Å²) < 4.78 is 1.89. The molecule has 1 N–H and O–H groups in total. The lowest BCUT2D eigenvalue weighted by atomic mass is 10.1. The van der Waals surface area contributed by atoms with E-state index in [1.54, 1.807) is 0 Å². The van der Waals surface area contributed by atoms with Crippen LogP contribution < -0.4 is 5.32 Å². The Morgan fingerprint density at radius 3 is 2.65 bits per heavy atom. The predicted octanol–water partition coefficient (Wildman–Crippen LogP) is 2.65. The summed E-state index contributed by atoms with van der Waals surface area (Å²) in [6.07, 6.45) is 3.05. The second-order valence-corrected chi connectivity index (χ2v) is 5.19. The van der Waals surface area contributed by atoms with Crippen LogP contribution in [0.15, 0.2) is 12.3 Å². The molecular formula is C15H23N5. The number of aromatic nitrogens is 4. The second-order valence-electron chi connectivity index (χ2n) is 5.19. The van der Waals surface area contributed by atoms with Gasteiger partial charge in [-0.15, -0.1) is 0 Å². The molecule has 2 rings (SSSR count). The second kappa shape index (κ2) is 6.13. The summed E-state index contributed by atoms with van der Waals surface area (Å²) in [5.41, 5.74) is 3.30. The van der Waals surface area contributed by atoms with Crippen molar-refractivity contribution in [2.24, 2.45) is 0 Å². The van der Waals surface area contributed by atoms with Crippen molar-refractivity contribution in [2.75, 3.05) is 6.54 Å². The molecule has 2 heterocycles. The zero-order chi connectivity index (χ0) is 14.7. The quantitative estimate of drug-likeness (QED) is 0.910. The molecule has 0 saturated carbocycles. The molecule has 0 saturated heterocycles. The van der Waals surface area contributed by atoms with Crippen LogP contribution in [0.5, 0.6) is 0 Å². The van der Waals surface area contributed by atoms with Crippen LogP contribution in [0, 0.1) is 20.8 Å². The van der Waals surface area contributed by atoms with Crippen molar-refractivity contribution in [1.29, 1.82) is 0 Å². The molecule has 0 radical (unpaired) electrons. The highest BCUT2D eigenvalue weighted by Gasteiger charge is 2.14. The molecule has 2 aromatic heterocycles. The Balaban J connectivity index is 2.32. The van der Waals surface area contributed by atoms with Crippen molar-refractivity contribution < 1.29 is 0 Å². The van der Waals surface area contributed by atoms with E-state index in [0.29, 0.717) is 6.04 Å². The summed E-state index contributed by atoms with van der Waals surface area (Å²) >= 11 is 0. The molecule has 0 aromatic carbocycles. The first kappa shape index (κ1) is 14.7. The average Bonchev–Trinajstić information content (AvgIpc) is 2.76. The third-order valence-corrected chi connectivity index (χ3v) is 3.38. The topological polar surface area (TPSA) is 55.6 Å². The third-order valence-electron chi connectivity index (χ3n) is 3.38. The highest BCUT2D eigenvalue weighted by atomic mass is 15.3. The van der Waals surface area contributed by atoms with Gasteiger partial charge in [0.05, 0.1) is 6.20 Å². The maximum Gasteiger partial charge on any atom is 0.157 e. The molecule has 5 heteroatoms. The lowest BCUT2D eigenvalue weighted by Crippen LogP contribution is -2.19. The molecule has 5 nitrogen and oxygen atoms in total. The van der Waals surface area contributed by atoms with Crippen molar-refractivity contribution in [3.05, 3.63) is 35.0 Å². The maximum atomic E-state index is 4.48. The van der Waals surface area contributed by atoms with E-state index in [4.69, 9.17) is 0 Å². The molecule has 20 heavy (non-hydrogen) atoms. The summed E-state index contributed by atoms with van der Waals surface area (Å²) in [6, 6.07) is 2.26. The Kier molecular flexibility index (Phi) is 4.49. The van der Waals surface area contributed by atoms with Gasteiger partial charge < -0.3 is 5.32 Å². The van der Waals surface area contributed by atoms with E-state index in [9.17, 15) is 0 Å². The Morgan fingerprint density at radius 2 is 2.00 bits per heavy atom. The first-order valence-electron chi connectivity index (χ1n) is 7.13. The minimum absolute atomic E-state index is 0.299. The van der Waals surface area contributed by atoms with Gasteiger partial charge in [0.2, 0.25) is 0 Å². The summed E-state index contributed by atoms with van der Waals surface area (Å²) in [5.74, 6) is 1.61. The largest absolute Gasteiger partial charge is 0.310 e. The molecular weight excluding hydrogens is 250 g/mol. The molecule has 2 aromatic rings. The van der Waals surface area contributed by atoms with Crippen LogP contribution in [-0.2, 0) is 0 Å². The fraction of sp³-hybridized carbons (Fsp3) is 0.533. The SMILES string of the molecule is CCCNC(C)c1cnn(-c2cc(C)nc(C)n2)c1C. The zero-order valence-electron chi connectivity index (χ0n) is 12.9. The number of nitrogens with zero attached hydrogens (tertiary/aromatic N) is 4. The molecule has 0 bridgehead atoms. The van der Waals surface area contributed by atoms with Crippen molar-refractivity contribution in [3.8, 4) is 5.82 Å². The molecule has 0 aliphatic rings. The molecule has 0 aliphatic heterocycles. The number of aryl methyl sites for hydroxylation is 2. The van der Waals surface area contributed by atoms with Crippen LogP contribution >= 0.6 is 0 Å². The highest BCUT2D eigenvalue weighted by molar-refractivity contribution is 5.31. The van der Waals surface area contributed by atoms with Gasteiger partial charge in [-0.1, -0.05) is 6.92 Å². The minimum Gasteiger partial charge on any atom is -0.310 e. The molecule has 108 valence electrons. The Labute approximate surface area is 120 Å². The fourth-order valence-corrected chi connectivity index (χ4v) is 2.36. The monoisotopic (exact) mass is 273 g/mol. The van der Waals surface area contributed by atoms with E-state index in [1.165, 1.54) is 5.56 Å². The van der Waals surface area contributed by atoms with E-state index in [0.717, 1.165) is 36.0 Å². The molecule has 0 fully saturated rings. The highest BCUT2D eigenvalue weighted by Crippen LogP contribution is 2.19. The van der Waals surface area contributed by atoms with Gasteiger partial charge in [0.1, 0.15) is 5.82 Å².